The Morgan fingerprint density at radius 3 is 2.12 bits per heavy atom. The molecule has 0 unspecified atom stereocenters. The first kappa shape index (κ1) is 15.2. The molecule has 0 aliphatic rings. The molecule has 4 atom stereocenters. The molecule has 6 N–H and O–H groups in total. The maximum Gasteiger partial charge on any atom is 0.240 e. The van der Waals surface area contributed by atoms with Crippen molar-refractivity contribution in [3.63, 3.8) is 0 Å². The van der Waals surface area contributed by atoms with Crippen LogP contribution >= 0.6 is 0 Å². The number of hydroxylamine groups is 1. The molecule has 1 amide bonds. The summed E-state index contributed by atoms with van der Waals surface area (Å²) in [4.78, 5) is 14.9. The van der Waals surface area contributed by atoms with Crippen molar-refractivity contribution in [1.82, 2.24) is 5.48 Å². The standard InChI is InChI=1S/C8H17NO7/c1-4(11)9-16-3-6(13)8(15)7(14)5(12)2-10/h5-8,10,12-15H,2-3H2,1H3,(H,9,11)/t5-,6+,7-,8-/m1/s1. The Kier molecular flexibility index (Phi) is 7.13. The van der Waals surface area contributed by atoms with E-state index in [0.29, 0.717) is 0 Å². The largest absolute Gasteiger partial charge is 0.394 e. The van der Waals surface area contributed by atoms with Crippen molar-refractivity contribution in [2.75, 3.05) is 13.2 Å². The highest BCUT2D eigenvalue weighted by molar-refractivity contribution is 5.71. The Bertz CT molecular complexity index is 213. The van der Waals surface area contributed by atoms with Crippen LogP contribution in [0.4, 0.5) is 0 Å². The molecular weight excluding hydrogens is 222 g/mol. The topological polar surface area (TPSA) is 139 Å². The van der Waals surface area contributed by atoms with E-state index < -0.39 is 43.5 Å². The van der Waals surface area contributed by atoms with Gasteiger partial charge in [0.05, 0.1) is 6.61 Å². The summed E-state index contributed by atoms with van der Waals surface area (Å²) in [6.45, 7) is -0.0272. The van der Waals surface area contributed by atoms with Crippen LogP contribution in [0.5, 0.6) is 0 Å². The highest BCUT2D eigenvalue weighted by Crippen LogP contribution is 2.05. The first-order chi connectivity index (χ1) is 7.40. The summed E-state index contributed by atoms with van der Waals surface area (Å²) in [5.74, 6) is -0.488. The summed E-state index contributed by atoms with van der Waals surface area (Å²) >= 11 is 0. The average Bonchev–Trinajstić information content (AvgIpc) is 2.25. The number of amides is 1. The summed E-state index contributed by atoms with van der Waals surface area (Å²) in [7, 11) is 0. The van der Waals surface area contributed by atoms with Crippen molar-refractivity contribution in [1.29, 1.82) is 0 Å². The number of aliphatic hydroxyl groups excluding tert-OH is 5. The van der Waals surface area contributed by atoms with Gasteiger partial charge in [-0.1, -0.05) is 0 Å². The van der Waals surface area contributed by atoms with E-state index in [2.05, 4.69) is 4.84 Å². The van der Waals surface area contributed by atoms with Crippen LogP contribution in [0.25, 0.3) is 0 Å². The second-order valence-corrected chi connectivity index (χ2v) is 3.27. The number of carbonyl (C=O) groups excluding carboxylic acids is 1. The first-order valence-corrected chi connectivity index (χ1v) is 4.61. The van der Waals surface area contributed by atoms with Crippen LogP contribution in [0.15, 0.2) is 0 Å². The minimum Gasteiger partial charge on any atom is -0.394 e. The van der Waals surface area contributed by atoms with Crippen LogP contribution < -0.4 is 5.48 Å². The molecule has 96 valence electrons. The molecule has 0 aromatic heterocycles. The summed E-state index contributed by atoms with van der Waals surface area (Å²) in [6.07, 6.45) is -6.48. The molecule has 8 heteroatoms. The number of aliphatic hydroxyl groups is 5. The van der Waals surface area contributed by atoms with Crippen molar-refractivity contribution in [2.45, 2.75) is 31.3 Å². The van der Waals surface area contributed by atoms with E-state index >= 15 is 0 Å². The third-order valence-electron chi connectivity index (χ3n) is 1.80. The molecule has 0 radical (unpaired) electrons. The zero-order valence-corrected chi connectivity index (χ0v) is 8.78. The number of hydrogen-bond donors (Lipinski definition) is 6. The van der Waals surface area contributed by atoms with Gasteiger partial charge in [0.1, 0.15) is 31.0 Å². The van der Waals surface area contributed by atoms with Crippen LogP contribution in [-0.2, 0) is 9.63 Å². The summed E-state index contributed by atoms with van der Waals surface area (Å²) in [5, 5.41) is 45.2. The minimum absolute atomic E-state index is 0.462. The van der Waals surface area contributed by atoms with Gasteiger partial charge in [-0.05, 0) is 0 Å². The van der Waals surface area contributed by atoms with Crippen LogP contribution in [0.1, 0.15) is 6.92 Å². The molecule has 0 saturated heterocycles. The fourth-order valence-electron chi connectivity index (χ4n) is 0.890. The molecule has 0 aliphatic heterocycles. The van der Waals surface area contributed by atoms with Gasteiger partial charge in [0, 0.05) is 6.92 Å². The molecule has 0 aromatic rings. The number of rotatable bonds is 7. The van der Waals surface area contributed by atoms with Gasteiger partial charge in [0.25, 0.3) is 0 Å². The summed E-state index contributed by atoms with van der Waals surface area (Å²) in [6, 6.07) is 0. The van der Waals surface area contributed by atoms with Crippen molar-refractivity contribution in [2.24, 2.45) is 0 Å². The molecule has 0 aromatic carbocycles. The Morgan fingerprint density at radius 1 is 1.19 bits per heavy atom. The van der Waals surface area contributed by atoms with E-state index in [0.717, 1.165) is 0 Å². The molecule has 0 heterocycles. The monoisotopic (exact) mass is 239 g/mol. The van der Waals surface area contributed by atoms with Crippen LogP contribution in [0.2, 0.25) is 0 Å². The normalized spacial score (nSPS) is 18.6. The number of carbonyl (C=O) groups is 1. The third kappa shape index (κ3) is 5.35. The van der Waals surface area contributed by atoms with E-state index in [-0.39, 0.29) is 0 Å². The Morgan fingerprint density at radius 2 is 1.69 bits per heavy atom. The molecule has 0 fully saturated rings. The quantitative estimate of drug-likeness (QED) is 0.253. The van der Waals surface area contributed by atoms with Crippen molar-refractivity contribution in [3.05, 3.63) is 0 Å². The molecule has 0 spiro atoms. The van der Waals surface area contributed by atoms with Crippen molar-refractivity contribution in [3.8, 4) is 0 Å². The minimum atomic E-state index is -1.71. The SMILES string of the molecule is CC(=O)NOC[C@H](O)[C@@H](O)[C@H](O)[C@H](O)CO. The summed E-state index contributed by atoms with van der Waals surface area (Å²) < 4.78 is 0. The number of nitrogens with one attached hydrogen (secondary N) is 1. The lowest BCUT2D eigenvalue weighted by atomic mass is 10.0. The lowest BCUT2D eigenvalue weighted by Crippen LogP contribution is -2.48. The third-order valence-corrected chi connectivity index (χ3v) is 1.80. The van der Waals surface area contributed by atoms with Gasteiger partial charge < -0.3 is 25.5 Å². The molecule has 0 aliphatic carbocycles. The van der Waals surface area contributed by atoms with Gasteiger partial charge in [0.15, 0.2) is 0 Å². The van der Waals surface area contributed by atoms with E-state index in [4.69, 9.17) is 10.2 Å². The highest BCUT2D eigenvalue weighted by Gasteiger charge is 2.30. The van der Waals surface area contributed by atoms with Gasteiger partial charge in [-0.25, -0.2) is 5.48 Å². The predicted molar refractivity (Wildman–Crippen MR) is 50.9 cm³/mol. The van der Waals surface area contributed by atoms with Crippen molar-refractivity contribution >= 4 is 5.91 Å². The maximum atomic E-state index is 10.4. The smallest absolute Gasteiger partial charge is 0.240 e. The second kappa shape index (κ2) is 7.49. The van der Waals surface area contributed by atoms with Gasteiger partial charge in [-0.2, -0.15) is 0 Å². The van der Waals surface area contributed by atoms with Gasteiger partial charge in [-0.3, -0.25) is 9.63 Å². The zero-order valence-electron chi connectivity index (χ0n) is 8.78. The van der Waals surface area contributed by atoms with Crippen LogP contribution in [0.3, 0.4) is 0 Å². The van der Waals surface area contributed by atoms with Gasteiger partial charge in [0.2, 0.25) is 5.91 Å². The van der Waals surface area contributed by atoms with E-state index in [1.54, 1.807) is 0 Å². The second-order valence-electron chi connectivity index (χ2n) is 3.27. The van der Waals surface area contributed by atoms with Crippen molar-refractivity contribution < 1.29 is 35.2 Å². The van der Waals surface area contributed by atoms with E-state index in [9.17, 15) is 20.1 Å². The molecule has 0 rings (SSSR count). The van der Waals surface area contributed by atoms with E-state index in [1.807, 2.05) is 5.48 Å². The fourth-order valence-corrected chi connectivity index (χ4v) is 0.890. The molecular formula is C8H17NO7. The average molecular weight is 239 g/mol. The lowest BCUT2D eigenvalue weighted by molar-refractivity contribution is -0.148. The Balaban J connectivity index is 3.97. The lowest BCUT2D eigenvalue weighted by Gasteiger charge is -2.25. The fraction of sp³-hybridized carbons (Fsp3) is 0.875. The Hall–Kier alpha value is -0.770. The molecule has 0 bridgehead atoms. The number of hydrogen-bond acceptors (Lipinski definition) is 7. The first-order valence-electron chi connectivity index (χ1n) is 4.61. The van der Waals surface area contributed by atoms with Crippen LogP contribution in [0, 0.1) is 0 Å². The van der Waals surface area contributed by atoms with E-state index in [1.165, 1.54) is 6.92 Å². The zero-order chi connectivity index (χ0) is 12.7. The molecule has 16 heavy (non-hydrogen) atoms. The highest BCUT2D eigenvalue weighted by atomic mass is 16.7. The summed E-state index contributed by atoms with van der Waals surface area (Å²) in [5.41, 5.74) is 1.91. The Labute approximate surface area is 92.0 Å². The molecule has 0 saturated carbocycles. The molecule has 8 nitrogen and oxygen atoms in total. The maximum absolute atomic E-state index is 10.4. The van der Waals surface area contributed by atoms with Gasteiger partial charge in [-0.15, -0.1) is 0 Å². The van der Waals surface area contributed by atoms with Crippen LogP contribution in [-0.4, -0.2) is 69.1 Å². The predicted octanol–water partition coefficient (Wildman–Crippen LogP) is -3.51. The van der Waals surface area contributed by atoms with Gasteiger partial charge >= 0.3 is 0 Å².